The molecule has 0 amide bonds. The van der Waals surface area contributed by atoms with Gasteiger partial charge in [0.1, 0.15) is 0 Å². The summed E-state index contributed by atoms with van der Waals surface area (Å²) in [6.45, 7) is 14.0. The minimum Gasteiger partial charge on any atom is -0.345 e. The Hall–Kier alpha value is -0.0800. The molecule has 0 aromatic heterocycles. The fourth-order valence-corrected chi connectivity index (χ4v) is 2.05. The molecule has 0 fully saturated rings. The minimum absolute atomic E-state index is 0.176. The van der Waals surface area contributed by atoms with Crippen LogP contribution in [0.1, 0.15) is 47.5 Å². The summed E-state index contributed by atoms with van der Waals surface area (Å²) in [7, 11) is 0. The lowest BCUT2D eigenvalue weighted by Gasteiger charge is -2.40. The van der Waals surface area contributed by atoms with Crippen LogP contribution in [0.2, 0.25) is 0 Å². The van der Waals surface area contributed by atoms with Crippen molar-refractivity contribution in [3.63, 3.8) is 0 Å². The third-order valence-corrected chi connectivity index (χ3v) is 3.83. The van der Waals surface area contributed by atoms with Crippen LogP contribution in [0.3, 0.4) is 0 Å². The van der Waals surface area contributed by atoms with E-state index in [9.17, 15) is 5.11 Å². The number of hydrogen-bond acceptors (Lipinski definition) is 1. The standard InChI is InChI=1S/C12H28NO/c1-6-11(5)10-12(14)13(7-2,8-3)9-4/h11-12,14H,6-10H2,1-5H3/q+1. The monoisotopic (exact) mass is 202 g/mol. The van der Waals surface area contributed by atoms with Gasteiger partial charge in [-0.3, -0.25) is 4.48 Å². The lowest BCUT2D eigenvalue weighted by molar-refractivity contribution is -0.967. The first kappa shape index (κ1) is 13.9. The van der Waals surface area contributed by atoms with Gasteiger partial charge in [-0.2, -0.15) is 0 Å². The number of nitrogens with zero attached hydrogens (tertiary/aromatic N) is 1. The van der Waals surface area contributed by atoms with Gasteiger partial charge in [-0.05, 0) is 26.7 Å². The Morgan fingerprint density at radius 2 is 1.43 bits per heavy atom. The maximum absolute atomic E-state index is 10.2. The summed E-state index contributed by atoms with van der Waals surface area (Å²) in [5, 5.41) is 10.2. The van der Waals surface area contributed by atoms with Crippen molar-refractivity contribution < 1.29 is 9.59 Å². The van der Waals surface area contributed by atoms with E-state index in [0.717, 1.165) is 37.0 Å². The number of aliphatic hydroxyl groups is 1. The summed E-state index contributed by atoms with van der Waals surface area (Å²) in [5.41, 5.74) is 0. The van der Waals surface area contributed by atoms with Gasteiger partial charge >= 0.3 is 0 Å². The quantitative estimate of drug-likeness (QED) is 0.497. The van der Waals surface area contributed by atoms with E-state index in [1.54, 1.807) is 0 Å². The maximum Gasteiger partial charge on any atom is 0.190 e. The number of rotatable bonds is 7. The van der Waals surface area contributed by atoms with Crippen molar-refractivity contribution in [3.8, 4) is 0 Å². The molecule has 86 valence electrons. The van der Waals surface area contributed by atoms with Crippen molar-refractivity contribution in [1.29, 1.82) is 0 Å². The molecule has 14 heavy (non-hydrogen) atoms. The number of hydrogen-bond donors (Lipinski definition) is 1. The highest BCUT2D eigenvalue weighted by Gasteiger charge is 2.31. The molecule has 2 atom stereocenters. The van der Waals surface area contributed by atoms with Crippen LogP contribution in [0.15, 0.2) is 0 Å². The van der Waals surface area contributed by atoms with E-state index >= 15 is 0 Å². The highest BCUT2D eigenvalue weighted by Crippen LogP contribution is 2.19. The normalized spacial score (nSPS) is 16.7. The van der Waals surface area contributed by atoms with Gasteiger partial charge in [-0.1, -0.05) is 20.3 Å². The van der Waals surface area contributed by atoms with Gasteiger partial charge in [0.15, 0.2) is 6.23 Å². The first-order chi connectivity index (χ1) is 6.56. The second kappa shape index (κ2) is 6.41. The Morgan fingerprint density at radius 3 is 1.71 bits per heavy atom. The summed E-state index contributed by atoms with van der Waals surface area (Å²) >= 11 is 0. The topological polar surface area (TPSA) is 20.2 Å². The molecule has 0 aliphatic carbocycles. The number of aliphatic hydroxyl groups excluding tert-OH is 1. The van der Waals surface area contributed by atoms with Crippen LogP contribution in [0.4, 0.5) is 0 Å². The molecule has 0 rings (SSSR count). The van der Waals surface area contributed by atoms with Gasteiger partial charge in [-0.25, -0.2) is 0 Å². The summed E-state index contributed by atoms with van der Waals surface area (Å²) in [4.78, 5) is 0. The Labute approximate surface area is 89.5 Å². The largest absolute Gasteiger partial charge is 0.345 e. The number of quaternary nitrogens is 1. The molecule has 1 N–H and O–H groups in total. The first-order valence-electron chi connectivity index (χ1n) is 6.10. The van der Waals surface area contributed by atoms with Gasteiger partial charge in [0.2, 0.25) is 0 Å². The lowest BCUT2D eigenvalue weighted by atomic mass is 10.0. The third-order valence-electron chi connectivity index (χ3n) is 3.83. The van der Waals surface area contributed by atoms with Crippen LogP contribution in [-0.4, -0.2) is 35.5 Å². The van der Waals surface area contributed by atoms with Crippen molar-refractivity contribution in [2.75, 3.05) is 19.6 Å². The molecule has 0 heterocycles. The lowest BCUT2D eigenvalue weighted by Crippen LogP contribution is -2.55. The maximum atomic E-state index is 10.2. The van der Waals surface area contributed by atoms with E-state index in [1.165, 1.54) is 0 Å². The molecule has 0 aliphatic heterocycles. The summed E-state index contributed by atoms with van der Waals surface area (Å²) in [5.74, 6) is 0.632. The zero-order valence-electron chi connectivity index (χ0n) is 10.6. The smallest absolute Gasteiger partial charge is 0.190 e. The van der Waals surface area contributed by atoms with Gasteiger partial charge in [0, 0.05) is 6.42 Å². The predicted molar refractivity (Wildman–Crippen MR) is 62.0 cm³/mol. The molecule has 2 nitrogen and oxygen atoms in total. The minimum atomic E-state index is -0.176. The highest BCUT2D eigenvalue weighted by molar-refractivity contribution is 4.54. The molecular formula is C12H28NO+. The van der Waals surface area contributed by atoms with Crippen LogP contribution in [0.5, 0.6) is 0 Å². The molecule has 2 unspecified atom stereocenters. The highest BCUT2D eigenvalue weighted by atomic mass is 16.3. The van der Waals surface area contributed by atoms with Crippen LogP contribution >= 0.6 is 0 Å². The molecule has 0 aliphatic rings. The molecule has 0 bridgehead atoms. The van der Waals surface area contributed by atoms with Crippen molar-refractivity contribution >= 4 is 0 Å². The van der Waals surface area contributed by atoms with Gasteiger partial charge < -0.3 is 5.11 Å². The summed E-state index contributed by atoms with van der Waals surface area (Å²) < 4.78 is 0.852. The first-order valence-corrected chi connectivity index (χ1v) is 6.10. The Bertz CT molecular complexity index is 135. The van der Waals surface area contributed by atoms with Crippen molar-refractivity contribution in [3.05, 3.63) is 0 Å². The van der Waals surface area contributed by atoms with Crippen LogP contribution in [0.25, 0.3) is 0 Å². The second-order valence-corrected chi connectivity index (χ2v) is 4.40. The molecule has 0 radical (unpaired) electrons. The summed E-state index contributed by atoms with van der Waals surface area (Å²) in [6.07, 6.45) is 1.92. The van der Waals surface area contributed by atoms with Crippen molar-refractivity contribution in [2.24, 2.45) is 5.92 Å². The van der Waals surface area contributed by atoms with Gasteiger partial charge in [0.25, 0.3) is 0 Å². The van der Waals surface area contributed by atoms with Crippen LogP contribution in [-0.2, 0) is 0 Å². The molecule has 2 heteroatoms. The molecule has 0 saturated carbocycles. The molecule has 0 aromatic carbocycles. The van der Waals surface area contributed by atoms with Crippen molar-refractivity contribution in [1.82, 2.24) is 0 Å². The van der Waals surface area contributed by atoms with E-state index in [4.69, 9.17) is 0 Å². The fourth-order valence-electron chi connectivity index (χ4n) is 2.05. The van der Waals surface area contributed by atoms with Gasteiger partial charge in [0.05, 0.1) is 19.6 Å². The molecule has 0 saturated heterocycles. The van der Waals surface area contributed by atoms with Crippen LogP contribution < -0.4 is 0 Å². The average Bonchev–Trinajstić information content (AvgIpc) is 2.21. The van der Waals surface area contributed by atoms with Crippen LogP contribution in [0, 0.1) is 5.92 Å². The zero-order chi connectivity index (χ0) is 11.2. The predicted octanol–water partition coefficient (Wildman–Crippen LogP) is 2.62. The van der Waals surface area contributed by atoms with E-state index in [1.807, 2.05) is 0 Å². The molecule has 0 spiro atoms. The van der Waals surface area contributed by atoms with Crippen molar-refractivity contribution in [2.45, 2.75) is 53.7 Å². The van der Waals surface area contributed by atoms with E-state index < -0.39 is 0 Å². The van der Waals surface area contributed by atoms with E-state index in [2.05, 4.69) is 34.6 Å². The average molecular weight is 202 g/mol. The Morgan fingerprint density at radius 1 is 1.00 bits per heavy atom. The van der Waals surface area contributed by atoms with Gasteiger partial charge in [-0.15, -0.1) is 0 Å². The zero-order valence-corrected chi connectivity index (χ0v) is 10.6. The fraction of sp³-hybridized carbons (Fsp3) is 1.00. The SMILES string of the molecule is CCC(C)CC(O)[N+](CC)(CC)CC. The van der Waals surface area contributed by atoms with E-state index in [-0.39, 0.29) is 6.23 Å². The molecule has 0 aromatic rings. The van der Waals surface area contributed by atoms with E-state index in [0.29, 0.717) is 5.92 Å². The second-order valence-electron chi connectivity index (χ2n) is 4.40. The summed E-state index contributed by atoms with van der Waals surface area (Å²) in [6, 6.07) is 0. The Balaban J connectivity index is 4.35. The molecular weight excluding hydrogens is 174 g/mol. The Kier molecular flexibility index (Phi) is 6.38. The third kappa shape index (κ3) is 3.25.